The van der Waals surface area contributed by atoms with E-state index in [1.54, 1.807) is 12.1 Å². The Balaban J connectivity index is 2.14. The molecule has 0 bridgehead atoms. The monoisotopic (exact) mass is 327 g/mol. The number of nitrogens with one attached hydrogen (secondary N) is 1. The van der Waals surface area contributed by atoms with E-state index in [2.05, 4.69) is 15.3 Å². The first-order valence-corrected chi connectivity index (χ1v) is 6.52. The van der Waals surface area contributed by atoms with Crippen LogP contribution in [0.3, 0.4) is 0 Å². The first kappa shape index (κ1) is 14.4. The standard InChI is InChI=1S/C10H6Cl2F3N3S/c11-7-2-1-5(19-7)4-16-8-3-6(10(13,14)15)17-9(12)18-8/h1-3H,4H2,(H,16,17,18). The molecule has 3 nitrogen and oxygen atoms in total. The van der Waals surface area contributed by atoms with Gasteiger partial charge in [0.15, 0.2) is 5.69 Å². The highest BCUT2D eigenvalue weighted by Crippen LogP contribution is 2.30. The van der Waals surface area contributed by atoms with Gasteiger partial charge in [0.2, 0.25) is 5.28 Å². The molecular weight excluding hydrogens is 322 g/mol. The topological polar surface area (TPSA) is 37.8 Å². The zero-order valence-corrected chi connectivity index (χ0v) is 11.5. The Kier molecular flexibility index (Phi) is 4.17. The number of hydrogen-bond acceptors (Lipinski definition) is 4. The molecule has 0 aliphatic heterocycles. The number of thiophene rings is 1. The molecule has 1 N–H and O–H groups in total. The number of rotatable bonds is 3. The lowest BCUT2D eigenvalue weighted by Crippen LogP contribution is -2.11. The van der Waals surface area contributed by atoms with Crippen LogP contribution < -0.4 is 5.32 Å². The molecule has 0 fully saturated rings. The van der Waals surface area contributed by atoms with Crippen LogP contribution in [0.5, 0.6) is 0 Å². The lowest BCUT2D eigenvalue weighted by molar-refractivity contribution is -0.141. The summed E-state index contributed by atoms with van der Waals surface area (Å²) in [5.74, 6) is 0.0110. The van der Waals surface area contributed by atoms with Crippen LogP contribution in [0.2, 0.25) is 9.62 Å². The molecule has 0 saturated carbocycles. The molecule has 2 heterocycles. The molecule has 2 aromatic rings. The van der Waals surface area contributed by atoms with Crippen molar-refractivity contribution in [1.29, 1.82) is 0 Å². The predicted octanol–water partition coefficient (Wildman–Crippen LogP) is 4.48. The van der Waals surface area contributed by atoms with Crippen LogP contribution in [0, 0.1) is 0 Å². The maximum absolute atomic E-state index is 12.5. The van der Waals surface area contributed by atoms with Crippen LogP contribution in [0.25, 0.3) is 0 Å². The summed E-state index contributed by atoms with van der Waals surface area (Å²) < 4.78 is 38.2. The molecule has 0 spiro atoms. The Labute approximate surface area is 120 Å². The average Bonchev–Trinajstić information content (AvgIpc) is 2.71. The Morgan fingerprint density at radius 1 is 1.21 bits per heavy atom. The van der Waals surface area contributed by atoms with Crippen molar-refractivity contribution in [2.75, 3.05) is 5.32 Å². The van der Waals surface area contributed by atoms with E-state index in [4.69, 9.17) is 23.2 Å². The van der Waals surface area contributed by atoms with E-state index in [0.29, 0.717) is 10.9 Å². The van der Waals surface area contributed by atoms with Crippen LogP contribution in [0.4, 0.5) is 19.0 Å². The number of nitrogens with zero attached hydrogens (tertiary/aromatic N) is 2. The number of alkyl halides is 3. The summed E-state index contributed by atoms with van der Waals surface area (Å²) in [7, 11) is 0. The number of halogens is 5. The lowest BCUT2D eigenvalue weighted by atomic mass is 10.3. The molecule has 2 rings (SSSR count). The fourth-order valence-electron chi connectivity index (χ4n) is 1.28. The summed E-state index contributed by atoms with van der Waals surface area (Å²) in [5, 5.41) is 2.29. The summed E-state index contributed by atoms with van der Waals surface area (Å²) >= 11 is 12.5. The van der Waals surface area contributed by atoms with Crippen molar-refractivity contribution < 1.29 is 13.2 Å². The van der Waals surface area contributed by atoms with E-state index in [9.17, 15) is 13.2 Å². The minimum atomic E-state index is -4.56. The SMILES string of the molecule is FC(F)(F)c1cc(NCc2ccc(Cl)s2)nc(Cl)n1. The van der Waals surface area contributed by atoms with Gasteiger partial charge in [-0.1, -0.05) is 11.6 Å². The van der Waals surface area contributed by atoms with Crippen LogP contribution in [0.15, 0.2) is 18.2 Å². The van der Waals surface area contributed by atoms with Gasteiger partial charge in [0.05, 0.1) is 10.9 Å². The van der Waals surface area contributed by atoms with Crippen molar-refractivity contribution in [1.82, 2.24) is 9.97 Å². The third-order valence-corrected chi connectivity index (χ3v) is 3.46. The summed E-state index contributed by atoms with van der Waals surface area (Å²) in [5.41, 5.74) is -1.08. The van der Waals surface area contributed by atoms with Crippen LogP contribution in [-0.2, 0) is 12.7 Å². The zero-order chi connectivity index (χ0) is 14.0. The highest BCUT2D eigenvalue weighted by Gasteiger charge is 2.33. The molecule has 19 heavy (non-hydrogen) atoms. The fraction of sp³-hybridized carbons (Fsp3) is 0.200. The second-order valence-electron chi connectivity index (χ2n) is 3.46. The maximum Gasteiger partial charge on any atom is 0.433 e. The lowest BCUT2D eigenvalue weighted by Gasteiger charge is -2.09. The first-order chi connectivity index (χ1) is 8.84. The second kappa shape index (κ2) is 5.52. The van der Waals surface area contributed by atoms with Crippen LogP contribution >= 0.6 is 34.5 Å². The van der Waals surface area contributed by atoms with Gasteiger partial charge in [-0.05, 0) is 23.7 Å². The quantitative estimate of drug-likeness (QED) is 0.845. The van der Waals surface area contributed by atoms with Gasteiger partial charge in [0.1, 0.15) is 5.82 Å². The van der Waals surface area contributed by atoms with Gasteiger partial charge in [-0.15, -0.1) is 11.3 Å². The van der Waals surface area contributed by atoms with Gasteiger partial charge in [0, 0.05) is 10.9 Å². The van der Waals surface area contributed by atoms with E-state index >= 15 is 0 Å². The Bertz CT molecular complexity index is 586. The molecule has 0 aliphatic rings. The van der Waals surface area contributed by atoms with Crippen molar-refractivity contribution >= 4 is 40.4 Å². The highest BCUT2D eigenvalue weighted by atomic mass is 35.5. The predicted molar refractivity (Wildman–Crippen MR) is 68.7 cm³/mol. The third-order valence-electron chi connectivity index (χ3n) is 2.06. The molecule has 0 aliphatic carbocycles. The van der Waals surface area contributed by atoms with Gasteiger partial charge < -0.3 is 5.32 Å². The van der Waals surface area contributed by atoms with Gasteiger partial charge in [-0.2, -0.15) is 13.2 Å². The van der Waals surface area contributed by atoms with Crippen LogP contribution in [-0.4, -0.2) is 9.97 Å². The molecule has 0 atom stereocenters. The second-order valence-corrected chi connectivity index (χ2v) is 5.60. The fourth-order valence-corrected chi connectivity index (χ4v) is 2.49. The van der Waals surface area contributed by atoms with Gasteiger partial charge >= 0.3 is 6.18 Å². The summed E-state index contributed by atoms with van der Waals surface area (Å²) in [6, 6.07) is 4.28. The molecule has 2 aromatic heterocycles. The Morgan fingerprint density at radius 3 is 2.53 bits per heavy atom. The van der Waals surface area contributed by atoms with Crippen molar-refractivity contribution in [3.63, 3.8) is 0 Å². The minimum Gasteiger partial charge on any atom is -0.365 e. The number of aromatic nitrogens is 2. The third kappa shape index (κ3) is 3.95. The molecule has 102 valence electrons. The van der Waals surface area contributed by atoms with Crippen LogP contribution in [0.1, 0.15) is 10.6 Å². The first-order valence-electron chi connectivity index (χ1n) is 4.94. The molecule has 0 amide bonds. The van der Waals surface area contributed by atoms with Gasteiger partial charge in [-0.3, -0.25) is 0 Å². The zero-order valence-electron chi connectivity index (χ0n) is 9.13. The van der Waals surface area contributed by atoms with E-state index in [-0.39, 0.29) is 5.82 Å². The van der Waals surface area contributed by atoms with E-state index in [0.717, 1.165) is 10.9 Å². The normalized spacial score (nSPS) is 11.6. The molecule has 0 radical (unpaired) electrons. The smallest absolute Gasteiger partial charge is 0.365 e. The van der Waals surface area contributed by atoms with Crippen molar-refractivity contribution in [2.45, 2.75) is 12.7 Å². The molecule has 0 unspecified atom stereocenters. The number of anilines is 1. The van der Waals surface area contributed by atoms with E-state index in [1.807, 2.05) is 0 Å². The van der Waals surface area contributed by atoms with Gasteiger partial charge in [0.25, 0.3) is 0 Å². The Morgan fingerprint density at radius 2 is 1.95 bits per heavy atom. The largest absolute Gasteiger partial charge is 0.433 e. The van der Waals surface area contributed by atoms with Crippen molar-refractivity contribution in [3.05, 3.63) is 38.4 Å². The number of hydrogen-bond donors (Lipinski definition) is 1. The molecule has 0 saturated heterocycles. The van der Waals surface area contributed by atoms with E-state index in [1.165, 1.54) is 11.3 Å². The van der Waals surface area contributed by atoms with Gasteiger partial charge in [-0.25, -0.2) is 9.97 Å². The molecular formula is C10H6Cl2F3N3S. The average molecular weight is 328 g/mol. The Hall–Kier alpha value is -1.05. The van der Waals surface area contributed by atoms with E-state index < -0.39 is 17.2 Å². The summed E-state index contributed by atoms with van der Waals surface area (Å²) in [6.07, 6.45) is -4.56. The highest BCUT2D eigenvalue weighted by molar-refractivity contribution is 7.16. The van der Waals surface area contributed by atoms with Crippen molar-refractivity contribution in [2.24, 2.45) is 0 Å². The minimum absolute atomic E-state index is 0.0110. The summed E-state index contributed by atoms with van der Waals surface area (Å²) in [6.45, 7) is 0.308. The van der Waals surface area contributed by atoms with Crippen molar-refractivity contribution in [3.8, 4) is 0 Å². The molecule has 9 heteroatoms. The molecule has 0 aromatic carbocycles. The maximum atomic E-state index is 12.5. The summed E-state index contributed by atoms with van der Waals surface area (Å²) in [4.78, 5) is 7.69.